The van der Waals surface area contributed by atoms with E-state index in [4.69, 9.17) is 0 Å². The van der Waals surface area contributed by atoms with Crippen molar-refractivity contribution in [3.8, 4) is 0 Å². The number of carbonyl (C=O) groups excluding carboxylic acids is 1. The molecule has 1 aromatic heterocycles. The summed E-state index contributed by atoms with van der Waals surface area (Å²) in [5.74, 6) is -0.105. The molecule has 0 saturated heterocycles. The molecule has 0 saturated carbocycles. The van der Waals surface area contributed by atoms with E-state index in [0.29, 0.717) is 11.7 Å². The molecule has 114 valence electrons. The first-order valence-electron chi connectivity index (χ1n) is 7.35. The smallest absolute Gasteiger partial charge is 0.271 e. The molecule has 0 bridgehead atoms. The Bertz CT molecular complexity index is 537. The van der Waals surface area contributed by atoms with Crippen LogP contribution in [0.3, 0.4) is 0 Å². The van der Waals surface area contributed by atoms with E-state index >= 15 is 0 Å². The van der Waals surface area contributed by atoms with E-state index in [1.54, 1.807) is 7.05 Å². The topological polar surface area (TPSA) is 50.2 Å². The second-order valence-corrected chi connectivity index (χ2v) is 5.40. The molecule has 0 aromatic carbocycles. The van der Waals surface area contributed by atoms with Crippen LogP contribution >= 0.6 is 0 Å². The molecule has 1 aromatic rings. The Balaban J connectivity index is 2.27. The number of aryl methyl sites for hydroxylation is 1. The number of rotatable bonds is 6. The molecule has 0 aliphatic heterocycles. The highest BCUT2D eigenvalue weighted by Crippen LogP contribution is 2.27. The van der Waals surface area contributed by atoms with E-state index in [1.165, 1.54) is 5.69 Å². The molecule has 1 amide bonds. The number of nitrogens with zero attached hydrogens (tertiary/aromatic N) is 3. The Morgan fingerprint density at radius 1 is 1.48 bits per heavy atom. The van der Waals surface area contributed by atoms with Gasteiger partial charge in [0.25, 0.3) is 5.91 Å². The summed E-state index contributed by atoms with van der Waals surface area (Å²) in [7, 11) is 3.56. The van der Waals surface area contributed by atoms with Crippen LogP contribution in [0.1, 0.15) is 28.2 Å². The average Bonchev–Trinajstić information content (AvgIpc) is 2.83. The third-order valence-corrected chi connectivity index (χ3v) is 4.11. The van der Waals surface area contributed by atoms with Crippen molar-refractivity contribution in [2.45, 2.75) is 25.3 Å². The zero-order valence-corrected chi connectivity index (χ0v) is 12.9. The SMILES string of the molecule is C=CCN(CC=C)C1CCc2c(c(C(=O)NC)nn2C)C1. The molecule has 1 N–H and O–H groups in total. The summed E-state index contributed by atoms with van der Waals surface area (Å²) >= 11 is 0. The highest BCUT2D eigenvalue weighted by Gasteiger charge is 2.30. The molecule has 5 nitrogen and oxygen atoms in total. The van der Waals surface area contributed by atoms with Gasteiger partial charge in [0.1, 0.15) is 0 Å². The van der Waals surface area contributed by atoms with Crippen LogP contribution < -0.4 is 5.32 Å². The van der Waals surface area contributed by atoms with E-state index < -0.39 is 0 Å². The second kappa shape index (κ2) is 6.72. The molecule has 0 fully saturated rings. The van der Waals surface area contributed by atoms with Crippen LogP contribution in [0.5, 0.6) is 0 Å². The van der Waals surface area contributed by atoms with Crippen molar-refractivity contribution in [1.82, 2.24) is 20.0 Å². The molecule has 1 aliphatic carbocycles. The molecule has 1 atom stereocenters. The molecular weight excluding hydrogens is 264 g/mol. The molecule has 21 heavy (non-hydrogen) atoms. The fourth-order valence-corrected chi connectivity index (χ4v) is 3.09. The lowest BCUT2D eigenvalue weighted by atomic mass is 9.90. The van der Waals surface area contributed by atoms with Gasteiger partial charge in [-0.15, -0.1) is 13.2 Å². The number of hydrogen-bond acceptors (Lipinski definition) is 3. The molecule has 0 spiro atoms. The van der Waals surface area contributed by atoms with Crippen molar-refractivity contribution in [3.05, 3.63) is 42.3 Å². The molecule has 5 heteroatoms. The van der Waals surface area contributed by atoms with Gasteiger partial charge >= 0.3 is 0 Å². The molecule has 1 heterocycles. The van der Waals surface area contributed by atoms with Gasteiger partial charge in [0.15, 0.2) is 5.69 Å². The highest BCUT2D eigenvalue weighted by atomic mass is 16.1. The van der Waals surface area contributed by atoms with Crippen molar-refractivity contribution < 1.29 is 4.79 Å². The normalized spacial score (nSPS) is 17.4. The summed E-state index contributed by atoms with van der Waals surface area (Å²) in [5, 5.41) is 7.07. The van der Waals surface area contributed by atoms with Crippen LogP contribution in [0.4, 0.5) is 0 Å². The molecular formula is C16H24N4O. The predicted molar refractivity (Wildman–Crippen MR) is 84.4 cm³/mol. The first kappa shape index (κ1) is 15.5. The summed E-state index contributed by atoms with van der Waals surface area (Å²) in [6, 6.07) is 0.404. The minimum Gasteiger partial charge on any atom is -0.354 e. The number of amides is 1. The zero-order valence-electron chi connectivity index (χ0n) is 12.9. The average molecular weight is 288 g/mol. The minimum absolute atomic E-state index is 0.105. The van der Waals surface area contributed by atoms with Crippen LogP contribution in [0, 0.1) is 0 Å². The van der Waals surface area contributed by atoms with Crippen LogP contribution in [0.25, 0.3) is 0 Å². The quantitative estimate of drug-likeness (QED) is 0.803. The van der Waals surface area contributed by atoms with E-state index in [-0.39, 0.29) is 5.91 Å². The van der Waals surface area contributed by atoms with Gasteiger partial charge < -0.3 is 5.32 Å². The van der Waals surface area contributed by atoms with Crippen molar-refractivity contribution in [1.29, 1.82) is 0 Å². The Hall–Kier alpha value is -1.88. The van der Waals surface area contributed by atoms with Gasteiger partial charge in [-0.05, 0) is 19.3 Å². The van der Waals surface area contributed by atoms with E-state index in [1.807, 2.05) is 23.9 Å². The van der Waals surface area contributed by atoms with Gasteiger partial charge in [-0.2, -0.15) is 5.10 Å². The summed E-state index contributed by atoms with van der Waals surface area (Å²) < 4.78 is 1.85. The van der Waals surface area contributed by atoms with E-state index in [0.717, 1.165) is 37.9 Å². The van der Waals surface area contributed by atoms with Gasteiger partial charge in [-0.3, -0.25) is 14.4 Å². The lowest BCUT2D eigenvalue weighted by molar-refractivity contribution is 0.0956. The third kappa shape index (κ3) is 3.08. The fourth-order valence-electron chi connectivity index (χ4n) is 3.09. The number of hydrogen-bond donors (Lipinski definition) is 1. The molecule has 1 aliphatic rings. The Morgan fingerprint density at radius 3 is 2.71 bits per heavy atom. The van der Waals surface area contributed by atoms with E-state index in [2.05, 4.69) is 28.5 Å². The van der Waals surface area contributed by atoms with Gasteiger partial charge in [-0.1, -0.05) is 12.2 Å². The number of nitrogens with one attached hydrogen (secondary N) is 1. The monoisotopic (exact) mass is 288 g/mol. The second-order valence-electron chi connectivity index (χ2n) is 5.40. The van der Waals surface area contributed by atoms with Crippen LogP contribution in [0.2, 0.25) is 0 Å². The van der Waals surface area contributed by atoms with Gasteiger partial charge in [0.05, 0.1) is 0 Å². The summed E-state index contributed by atoms with van der Waals surface area (Å²) in [5.41, 5.74) is 2.84. The summed E-state index contributed by atoms with van der Waals surface area (Å²) in [6.07, 6.45) is 6.71. The first-order valence-corrected chi connectivity index (χ1v) is 7.35. The van der Waals surface area contributed by atoms with Crippen molar-refractivity contribution >= 4 is 5.91 Å². The number of aromatic nitrogens is 2. The summed E-state index contributed by atoms with van der Waals surface area (Å²) in [4.78, 5) is 14.3. The predicted octanol–water partition coefficient (Wildman–Crippen LogP) is 1.31. The molecule has 1 unspecified atom stereocenters. The lowest BCUT2D eigenvalue weighted by Gasteiger charge is -2.33. The maximum absolute atomic E-state index is 12.0. The Labute approximate surface area is 126 Å². The van der Waals surface area contributed by atoms with Crippen LogP contribution in [-0.4, -0.2) is 46.8 Å². The van der Waals surface area contributed by atoms with Crippen LogP contribution in [-0.2, 0) is 19.9 Å². The Kier molecular flexibility index (Phi) is 4.96. The number of fused-ring (bicyclic) bond motifs is 1. The van der Waals surface area contributed by atoms with Crippen molar-refractivity contribution in [2.24, 2.45) is 7.05 Å². The van der Waals surface area contributed by atoms with Crippen molar-refractivity contribution in [3.63, 3.8) is 0 Å². The van der Waals surface area contributed by atoms with Gasteiger partial charge in [0, 0.05) is 44.5 Å². The maximum atomic E-state index is 12.0. The minimum atomic E-state index is -0.105. The summed E-state index contributed by atoms with van der Waals surface area (Å²) in [6.45, 7) is 9.33. The first-order chi connectivity index (χ1) is 10.1. The third-order valence-electron chi connectivity index (χ3n) is 4.11. The fraction of sp³-hybridized carbons (Fsp3) is 0.500. The number of carbonyl (C=O) groups is 1. The van der Waals surface area contributed by atoms with Crippen molar-refractivity contribution in [2.75, 3.05) is 20.1 Å². The van der Waals surface area contributed by atoms with Gasteiger partial charge in [-0.25, -0.2) is 0 Å². The lowest BCUT2D eigenvalue weighted by Crippen LogP contribution is -2.40. The maximum Gasteiger partial charge on any atom is 0.271 e. The molecule has 2 rings (SSSR count). The standard InChI is InChI=1S/C16H24N4O/c1-5-9-20(10-6-2)12-7-8-14-13(11-12)15(16(21)17-3)18-19(14)4/h5-6,12H,1-2,7-11H2,3-4H3,(H,17,21). The zero-order chi connectivity index (χ0) is 15.4. The Morgan fingerprint density at radius 2 is 2.14 bits per heavy atom. The van der Waals surface area contributed by atoms with Gasteiger partial charge in [0.2, 0.25) is 0 Å². The molecule has 0 radical (unpaired) electrons. The van der Waals surface area contributed by atoms with Crippen LogP contribution in [0.15, 0.2) is 25.3 Å². The largest absolute Gasteiger partial charge is 0.354 e. The highest BCUT2D eigenvalue weighted by molar-refractivity contribution is 5.93. The van der Waals surface area contributed by atoms with E-state index in [9.17, 15) is 4.79 Å².